The van der Waals surface area contributed by atoms with Gasteiger partial charge in [-0.25, -0.2) is 4.79 Å². The Kier molecular flexibility index (Phi) is 3.46. The van der Waals surface area contributed by atoms with Crippen molar-refractivity contribution in [2.75, 3.05) is 6.54 Å². The molecular formula is C14H15NO3. The largest absolute Gasteiger partial charge is 0.478 e. The van der Waals surface area contributed by atoms with Crippen molar-refractivity contribution in [3.63, 3.8) is 0 Å². The summed E-state index contributed by atoms with van der Waals surface area (Å²) >= 11 is 0. The number of benzene rings is 1. The highest BCUT2D eigenvalue weighted by atomic mass is 16.4. The molecule has 2 rings (SSSR count). The molecule has 1 atom stereocenters. The molecule has 4 nitrogen and oxygen atoms in total. The van der Waals surface area contributed by atoms with Crippen molar-refractivity contribution in [1.29, 1.82) is 0 Å². The number of rotatable bonds is 3. The summed E-state index contributed by atoms with van der Waals surface area (Å²) in [6.45, 7) is 2.62. The van der Waals surface area contributed by atoms with Crippen molar-refractivity contribution in [3.05, 3.63) is 47.7 Å². The third kappa shape index (κ3) is 2.27. The van der Waals surface area contributed by atoms with E-state index in [2.05, 4.69) is 0 Å². The van der Waals surface area contributed by atoms with E-state index in [-0.39, 0.29) is 23.8 Å². The second-order valence-electron chi connectivity index (χ2n) is 4.23. The van der Waals surface area contributed by atoms with E-state index in [1.807, 2.05) is 42.2 Å². The lowest BCUT2D eigenvalue weighted by Crippen LogP contribution is -2.33. The van der Waals surface area contributed by atoms with E-state index < -0.39 is 5.97 Å². The van der Waals surface area contributed by atoms with Crippen LogP contribution < -0.4 is 0 Å². The molecule has 0 saturated carbocycles. The zero-order chi connectivity index (χ0) is 13.1. The molecule has 1 unspecified atom stereocenters. The highest BCUT2D eigenvalue weighted by molar-refractivity contribution is 6.17. The predicted octanol–water partition coefficient (Wildman–Crippen LogP) is 1.99. The van der Waals surface area contributed by atoms with Crippen molar-refractivity contribution < 1.29 is 14.7 Å². The Bertz CT molecular complexity index is 493. The van der Waals surface area contributed by atoms with Crippen LogP contribution >= 0.6 is 0 Å². The first-order chi connectivity index (χ1) is 8.63. The highest BCUT2D eigenvalue weighted by Gasteiger charge is 2.30. The first-order valence-corrected chi connectivity index (χ1v) is 5.92. The quantitative estimate of drug-likeness (QED) is 0.827. The molecule has 1 aromatic rings. The number of ketones is 1. The third-order valence-electron chi connectivity index (χ3n) is 3.15. The molecule has 1 aromatic carbocycles. The molecule has 1 N–H and O–H groups in total. The predicted molar refractivity (Wildman–Crippen MR) is 66.9 cm³/mol. The molecule has 4 heteroatoms. The molecule has 94 valence electrons. The van der Waals surface area contributed by atoms with Crippen LogP contribution in [0.3, 0.4) is 0 Å². The van der Waals surface area contributed by atoms with Crippen LogP contribution in [0.25, 0.3) is 0 Å². The number of carbonyl (C=O) groups is 2. The van der Waals surface area contributed by atoms with Crippen LogP contribution in [0.4, 0.5) is 0 Å². The smallest absolute Gasteiger partial charge is 0.340 e. The number of Topliss-reactive ketones (excluding diaryl/α,β-unsaturated/α-hetero) is 1. The number of hydrogen-bond donors (Lipinski definition) is 1. The van der Waals surface area contributed by atoms with Crippen molar-refractivity contribution in [1.82, 2.24) is 4.90 Å². The second kappa shape index (κ2) is 5.04. The molecule has 0 bridgehead atoms. The highest BCUT2D eigenvalue weighted by Crippen LogP contribution is 2.30. The second-order valence-corrected chi connectivity index (χ2v) is 4.23. The van der Waals surface area contributed by atoms with Crippen LogP contribution in [0.1, 0.15) is 24.9 Å². The SMILES string of the molecule is CCN1C=C(C(=O)O)C(=O)CC1c1ccccc1. The van der Waals surface area contributed by atoms with Crippen molar-refractivity contribution in [3.8, 4) is 0 Å². The number of carbonyl (C=O) groups excluding carboxylic acids is 1. The summed E-state index contributed by atoms with van der Waals surface area (Å²) in [6.07, 6.45) is 1.68. The Morgan fingerprint density at radius 1 is 1.39 bits per heavy atom. The van der Waals surface area contributed by atoms with Crippen LogP contribution in [-0.2, 0) is 9.59 Å². The number of carboxylic acids is 1. The van der Waals surface area contributed by atoms with Crippen LogP contribution in [0, 0.1) is 0 Å². The van der Waals surface area contributed by atoms with Gasteiger partial charge in [-0.3, -0.25) is 4.79 Å². The first kappa shape index (κ1) is 12.4. The van der Waals surface area contributed by atoms with Crippen molar-refractivity contribution in [2.24, 2.45) is 0 Å². The van der Waals surface area contributed by atoms with Crippen LogP contribution in [-0.4, -0.2) is 28.3 Å². The fourth-order valence-corrected chi connectivity index (χ4v) is 2.20. The Hall–Kier alpha value is -2.10. The summed E-state index contributed by atoms with van der Waals surface area (Å²) < 4.78 is 0. The van der Waals surface area contributed by atoms with E-state index in [4.69, 9.17) is 5.11 Å². The number of nitrogens with zero attached hydrogens (tertiary/aromatic N) is 1. The Morgan fingerprint density at radius 3 is 2.61 bits per heavy atom. The standard InChI is InChI=1S/C14H15NO3/c1-2-15-9-11(14(17)18)13(16)8-12(15)10-6-4-3-5-7-10/h3-7,9,12H,2,8H2,1H3,(H,17,18). The molecule has 18 heavy (non-hydrogen) atoms. The van der Waals surface area contributed by atoms with Crippen LogP contribution in [0.2, 0.25) is 0 Å². The van der Waals surface area contributed by atoms with Gasteiger partial charge >= 0.3 is 5.97 Å². The molecule has 1 heterocycles. The van der Waals surface area contributed by atoms with Gasteiger partial charge in [-0.2, -0.15) is 0 Å². The van der Waals surface area contributed by atoms with Gasteiger partial charge in [0, 0.05) is 19.2 Å². The summed E-state index contributed by atoms with van der Waals surface area (Å²) in [4.78, 5) is 24.7. The van der Waals surface area contributed by atoms with Crippen molar-refractivity contribution >= 4 is 11.8 Å². The number of aliphatic carboxylic acids is 1. The minimum absolute atomic E-state index is 0.0631. The molecule has 0 fully saturated rings. The average molecular weight is 245 g/mol. The molecular weight excluding hydrogens is 230 g/mol. The topological polar surface area (TPSA) is 57.6 Å². The van der Waals surface area contributed by atoms with E-state index in [1.54, 1.807) is 0 Å². The summed E-state index contributed by atoms with van der Waals surface area (Å²) in [7, 11) is 0. The first-order valence-electron chi connectivity index (χ1n) is 5.92. The van der Waals surface area contributed by atoms with Gasteiger partial charge in [0.05, 0.1) is 6.04 Å². The lowest BCUT2D eigenvalue weighted by molar-refractivity contribution is -0.135. The summed E-state index contributed by atoms with van der Waals surface area (Å²) in [5.74, 6) is -1.45. The van der Waals surface area contributed by atoms with Gasteiger partial charge in [-0.1, -0.05) is 30.3 Å². The fraction of sp³-hybridized carbons (Fsp3) is 0.286. The van der Waals surface area contributed by atoms with Gasteiger partial charge in [0.25, 0.3) is 0 Å². The van der Waals surface area contributed by atoms with E-state index >= 15 is 0 Å². The van der Waals surface area contributed by atoms with Gasteiger partial charge < -0.3 is 10.0 Å². The maximum absolute atomic E-state index is 11.8. The fourth-order valence-electron chi connectivity index (χ4n) is 2.20. The normalized spacial score (nSPS) is 19.6. The summed E-state index contributed by atoms with van der Waals surface area (Å²) in [5.41, 5.74) is 0.914. The zero-order valence-electron chi connectivity index (χ0n) is 10.2. The van der Waals surface area contributed by atoms with Gasteiger partial charge in [-0.05, 0) is 12.5 Å². The maximum Gasteiger partial charge on any atom is 0.340 e. The third-order valence-corrected chi connectivity index (χ3v) is 3.15. The van der Waals surface area contributed by atoms with E-state index in [0.717, 1.165) is 5.56 Å². The zero-order valence-corrected chi connectivity index (χ0v) is 10.2. The van der Waals surface area contributed by atoms with Gasteiger partial charge in [0.1, 0.15) is 5.57 Å². The Balaban J connectivity index is 2.35. The van der Waals surface area contributed by atoms with Crippen LogP contribution in [0.5, 0.6) is 0 Å². The summed E-state index contributed by atoms with van der Waals surface area (Å²) in [5, 5.41) is 8.96. The lowest BCUT2D eigenvalue weighted by atomic mass is 9.93. The number of hydrogen-bond acceptors (Lipinski definition) is 3. The molecule has 0 spiro atoms. The maximum atomic E-state index is 11.8. The van der Waals surface area contributed by atoms with Gasteiger partial charge in [0.2, 0.25) is 0 Å². The average Bonchev–Trinajstić information content (AvgIpc) is 2.39. The molecule has 1 aliphatic rings. The monoisotopic (exact) mass is 245 g/mol. The Morgan fingerprint density at radius 2 is 2.06 bits per heavy atom. The Labute approximate surface area is 106 Å². The van der Waals surface area contributed by atoms with Crippen molar-refractivity contribution in [2.45, 2.75) is 19.4 Å². The molecule has 0 radical (unpaired) electrons. The molecule has 0 amide bonds. The van der Waals surface area contributed by atoms with E-state index in [1.165, 1.54) is 6.20 Å². The molecule has 1 aliphatic heterocycles. The van der Waals surface area contributed by atoms with Gasteiger partial charge in [-0.15, -0.1) is 0 Å². The van der Waals surface area contributed by atoms with Gasteiger partial charge in [0.15, 0.2) is 5.78 Å². The van der Waals surface area contributed by atoms with Crippen LogP contribution in [0.15, 0.2) is 42.1 Å². The molecule has 0 aliphatic carbocycles. The van der Waals surface area contributed by atoms with E-state index in [9.17, 15) is 9.59 Å². The number of carboxylic acid groups (broad SMARTS) is 1. The summed E-state index contributed by atoms with van der Waals surface area (Å²) in [6, 6.07) is 9.61. The minimum Gasteiger partial charge on any atom is -0.478 e. The lowest BCUT2D eigenvalue weighted by Gasteiger charge is -2.33. The van der Waals surface area contributed by atoms with E-state index in [0.29, 0.717) is 6.54 Å². The molecule has 0 aromatic heterocycles. The molecule has 0 saturated heterocycles. The minimum atomic E-state index is -1.15.